The lowest BCUT2D eigenvalue weighted by molar-refractivity contribution is -0.124. The number of carbonyl (C=O) groups excluding carboxylic acids is 1. The fourth-order valence-corrected chi connectivity index (χ4v) is 2.83. The van der Waals surface area contributed by atoms with E-state index < -0.39 is 11.5 Å². The third-order valence-corrected chi connectivity index (χ3v) is 4.54. The molecule has 1 amide bonds. The maximum atomic E-state index is 12.9. The predicted octanol–water partition coefficient (Wildman–Crippen LogP) is 3.36. The number of aliphatic hydroxyl groups is 1. The molecule has 3 rings (SSSR count). The van der Waals surface area contributed by atoms with Crippen LogP contribution in [0.5, 0.6) is 0 Å². The second-order valence-corrected chi connectivity index (χ2v) is 6.30. The minimum atomic E-state index is -0.861. The fraction of sp³-hybridized carbons (Fsp3) is 0.278. The first kappa shape index (κ1) is 16.0. The molecule has 120 valence electrons. The van der Waals surface area contributed by atoms with Crippen molar-refractivity contribution in [2.75, 3.05) is 6.54 Å². The SMILES string of the molecule is O=C(NCC(O)c1ccc(F)cc1)C1(c2ccc(Cl)cc2)CC1. The van der Waals surface area contributed by atoms with E-state index in [4.69, 9.17) is 11.6 Å². The maximum Gasteiger partial charge on any atom is 0.230 e. The molecule has 2 aromatic carbocycles. The molecule has 0 radical (unpaired) electrons. The van der Waals surface area contributed by atoms with Crippen molar-refractivity contribution in [1.29, 1.82) is 0 Å². The average molecular weight is 334 g/mol. The number of aliphatic hydroxyl groups excluding tert-OH is 1. The van der Waals surface area contributed by atoms with Crippen LogP contribution >= 0.6 is 11.6 Å². The van der Waals surface area contributed by atoms with Crippen molar-refractivity contribution in [3.05, 3.63) is 70.5 Å². The molecule has 1 unspecified atom stereocenters. The summed E-state index contributed by atoms with van der Waals surface area (Å²) >= 11 is 5.88. The number of carbonyl (C=O) groups is 1. The third-order valence-electron chi connectivity index (χ3n) is 4.29. The van der Waals surface area contributed by atoms with Gasteiger partial charge in [0.05, 0.1) is 11.5 Å². The molecule has 0 aliphatic heterocycles. The maximum absolute atomic E-state index is 12.9. The van der Waals surface area contributed by atoms with E-state index in [0.29, 0.717) is 10.6 Å². The van der Waals surface area contributed by atoms with Crippen molar-refractivity contribution in [3.63, 3.8) is 0 Å². The van der Waals surface area contributed by atoms with Gasteiger partial charge in [-0.3, -0.25) is 4.79 Å². The normalized spacial score (nSPS) is 16.7. The molecule has 0 bridgehead atoms. The van der Waals surface area contributed by atoms with Crippen LogP contribution < -0.4 is 5.32 Å². The Morgan fingerprint density at radius 3 is 2.35 bits per heavy atom. The number of rotatable bonds is 5. The van der Waals surface area contributed by atoms with Gasteiger partial charge in [0.1, 0.15) is 5.82 Å². The van der Waals surface area contributed by atoms with Crippen molar-refractivity contribution in [3.8, 4) is 0 Å². The Labute approximate surface area is 139 Å². The van der Waals surface area contributed by atoms with E-state index in [-0.39, 0.29) is 18.3 Å². The van der Waals surface area contributed by atoms with Gasteiger partial charge >= 0.3 is 0 Å². The van der Waals surface area contributed by atoms with Crippen LogP contribution in [0.1, 0.15) is 30.1 Å². The van der Waals surface area contributed by atoms with Gasteiger partial charge in [-0.15, -0.1) is 0 Å². The highest BCUT2D eigenvalue weighted by Gasteiger charge is 2.51. The Morgan fingerprint density at radius 1 is 1.17 bits per heavy atom. The lowest BCUT2D eigenvalue weighted by Gasteiger charge is -2.18. The summed E-state index contributed by atoms with van der Waals surface area (Å²) < 4.78 is 12.9. The molecule has 0 spiro atoms. The van der Waals surface area contributed by atoms with Crippen molar-refractivity contribution in [2.45, 2.75) is 24.4 Å². The summed E-state index contributed by atoms with van der Waals surface area (Å²) in [7, 11) is 0. The molecule has 5 heteroatoms. The summed E-state index contributed by atoms with van der Waals surface area (Å²) in [5.74, 6) is -0.453. The first-order chi connectivity index (χ1) is 11.0. The highest BCUT2D eigenvalue weighted by Crippen LogP contribution is 2.48. The van der Waals surface area contributed by atoms with E-state index in [9.17, 15) is 14.3 Å². The molecular weight excluding hydrogens is 317 g/mol. The largest absolute Gasteiger partial charge is 0.387 e. The zero-order valence-corrected chi connectivity index (χ0v) is 13.2. The second kappa shape index (κ2) is 6.30. The highest BCUT2D eigenvalue weighted by atomic mass is 35.5. The van der Waals surface area contributed by atoms with E-state index in [1.807, 2.05) is 12.1 Å². The van der Waals surface area contributed by atoms with E-state index in [1.54, 1.807) is 12.1 Å². The Bertz CT molecular complexity index is 696. The van der Waals surface area contributed by atoms with Crippen LogP contribution in [0.25, 0.3) is 0 Å². The topological polar surface area (TPSA) is 49.3 Å². The molecule has 1 saturated carbocycles. The van der Waals surface area contributed by atoms with E-state index in [1.165, 1.54) is 24.3 Å². The van der Waals surface area contributed by atoms with Gasteiger partial charge in [-0.05, 0) is 48.2 Å². The van der Waals surface area contributed by atoms with Gasteiger partial charge in [0.25, 0.3) is 0 Å². The molecule has 2 N–H and O–H groups in total. The van der Waals surface area contributed by atoms with Gasteiger partial charge in [-0.25, -0.2) is 4.39 Å². The quantitative estimate of drug-likeness (QED) is 0.881. The molecule has 0 heterocycles. The van der Waals surface area contributed by atoms with E-state index >= 15 is 0 Å². The summed E-state index contributed by atoms with van der Waals surface area (Å²) in [5, 5.41) is 13.5. The van der Waals surface area contributed by atoms with Gasteiger partial charge in [0, 0.05) is 11.6 Å². The van der Waals surface area contributed by atoms with Crippen LogP contribution in [0, 0.1) is 5.82 Å². The molecule has 1 aliphatic rings. The second-order valence-electron chi connectivity index (χ2n) is 5.87. The first-order valence-electron chi connectivity index (χ1n) is 7.49. The number of halogens is 2. The standard InChI is InChI=1S/C18H17ClFNO2/c19-14-5-3-13(4-6-14)18(9-10-18)17(23)21-11-16(22)12-1-7-15(20)8-2-12/h1-8,16,22H,9-11H2,(H,21,23). The fourth-order valence-electron chi connectivity index (χ4n) is 2.70. The summed E-state index contributed by atoms with van der Waals surface area (Å²) in [4.78, 5) is 12.5. The van der Waals surface area contributed by atoms with Crippen LogP contribution in [0.15, 0.2) is 48.5 Å². The van der Waals surface area contributed by atoms with Gasteiger partial charge in [0.2, 0.25) is 5.91 Å². The van der Waals surface area contributed by atoms with Crippen molar-refractivity contribution < 1.29 is 14.3 Å². The summed E-state index contributed by atoms with van der Waals surface area (Å²) in [5.41, 5.74) is 1.01. The molecule has 0 saturated heterocycles. The Kier molecular flexibility index (Phi) is 4.37. The number of hydrogen-bond donors (Lipinski definition) is 2. The molecule has 2 aromatic rings. The summed E-state index contributed by atoms with van der Waals surface area (Å²) in [6, 6.07) is 12.9. The Hall–Kier alpha value is -1.91. The van der Waals surface area contributed by atoms with Gasteiger partial charge in [-0.1, -0.05) is 35.9 Å². The molecule has 1 atom stereocenters. The van der Waals surface area contributed by atoms with Crippen molar-refractivity contribution in [2.24, 2.45) is 0 Å². The van der Waals surface area contributed by atoms with Gasteiger partial charge in [0.15, 0.2) is 0 Å². The van der Waals surface area contributed by atoms with Crippen LogP contribution in [0.2, 0.25) is 5.02 Å². The number of benzene rings is 2. The molecule has 23 heavy (non-hydrogen) atoms. The van der Waals surface area contributed by atoms with Crippen LogP contribution in [0.3, 0.4) is 0 Å². The third kappa shape index (κ3) is 3.38. The van der Waals surface area contributed by atoms with Crippen LogP contribution in [-0.2, 0) is 10.2 Å². The zero-order valence-electron chi connectivity index (χ0n) is 12.4. The molecule has 1 aliphatic carbocycles. The predicted molar refractivity (Wildman–Crippen MR) is 86.7 cm³/mol. The van der Waals surface area contributed by atoms with Crippen molar-refractivity contribution in [1.82, 2.24) is 5.32 Å². The minimum Gasteiger partial charge on any atom is -0.387 e. The summed E-state index contributed by atoms with van der Waals surface area (Å²) in [6.07, 6.45) is 0.709. The molecular formula is C18H17ClFNO2. The average Bonchev–Trinajstić information content (AvgIpc) is 3.35. The number of nitrogens with one attached hydrogen (secondary N) is 1. The lowest BCUT2D eigenvalue weighted by Crippen LogP contribution is -2.37. The highest BCUT2D eigenvalue weighted by molar-refractivity contribution is 6.30. The minimum absolute atomic E-state index is 0.0963. The van der Waals surface area contributed by atoms with Crippen molar-refractivity contribution >= 4 is 17.5 Å². The first-order valence-corrected chi connectivity index (χ1v) is 7.87. The number of hydrogen-bond acceptors (Lipinski definition) is 2. The Balaban J connectivity index is 1.63. The van der Waals surface area contributed by atoms with Crippen LogP contribution in [0.4, 0.5) is 4.39 Å². The zero-order chi connectivity index (χ0) is 16.4. The molecule has 0 aromatic heterocycles. The molecule has 3 nitrogen and oxygen atoms in total. The van der Waals surface area contributed by atoms with Gasteiger partial charge < -0.3 is 10.4 Å². The Morgan fingerprint density at radius 2 is 1.78 bits per heavy atom. The smallest absolute Gasteiger partial charge is 0.230 e. The monoisotopic (exact) mass is 333 g/mol. The lowest BCUT2D eigenvalue weighted by atomic mass is 9.95. The van der Waals surface area contributed by atoms with Crippen LogP contribution in [-0.4, -0.2) is 17.6 Å². The van der Waals surface area contributed by atoms with Gasteiger partial charge in [-0.2, -0.15) is 0 Å². The summed E-state index contributed by atoms with van der Waals surface area (Å²) in [6.45, 7) is 0.0970. The van der Waals surface area contributed by atoms with E-state index in [0.717, 1.165) is 18.4 Å². The molecule has 1 fully saturated rings. The number of amides is 1. The van der Waals surface area contributed by atoms with E-state index in [2.05, 4.69) is 5.32 Å².